The van der Waals surface area contributed by atoms with Crippen molar-refractivity contribution in [2.24, 2.45) is 16.6 Å². The number of carbonyl (C=O) groups excluding carboxylic acids is 1. The van der Waals surface area contributed by atoms with Gasteiger partial charge in [-0.3, -0.25) is 0 Å². The summed E-state index contributed by atoms with van der Waals surface area (Å²) in [6, 6.07) is 8.48. The van der Waals surface area contributed by atoms with Crippen LogP contribution < -0.4 is 10.6 Å². The number of aliphatic imine (C=N–C) groups is 1. The van der Waals surface area contributed by atoms with Gasteiger partial charge in [-0.15, -0.1) is 24.0 Å². The molecule has 2 fully saturated rings. The van der Waals surface area contributed by atoms with E-state index in [9.17, 15) is 9.90 Å². The molecule has 180 valence electrons. The van der Waals surface area contributed by atoms with Crippen LogP contribution in [0.25, 0.3) is 0 Å². The van der Waals surface area contributed by atoms with Gasteiger partial charge in [0.25, 0.3) is 0 Å². The molecule has 0 atom stereocenters. The van der Waals surface area contributed by atoms with Gasteiger partial charge in [-0.1, -0.05) is 12.1 Å². The molecule has 0 radical (unpaired) electrons. The van der Waals surface area contributed by atoms with E-state index in [-0.39, 0.29) is 30.1 Å². The van der Waals surface area contributed by atoms with Crippen molar-refractivity contribution < 1.29 is 14.6 Å². The van der Waals surface area contributed by atoms with Crippen molar-refractivity contribution in [1.29, 1.82) is 0 Å². The molecule has 9 heteroatoms. The van der Waals surface area contributed by atoms with Crippen LogP contribution in [0, 0.1) is 5.92 Å². The SMILES string of the molecule is CC(C)(C)OC(=O)N1CCN(C(N)=NCc2ccc(N3CCC(CO)CC3)cc2)CC1.I. The third kappa shape index (κ3) is 7.68. The van der Waals surface area contributed by atoms with Gasteiger partial charge in [-0.2, -0.15) is 0 Å². The Labute approximate surface area is 208 Å². The molecule has 0 unspecified atom stereocenters. The van der Waals surface area contributed by atoms with Crippen molar-refractivity contribution in [3.05, 3.63) is 29.8 Å². The lowest BCUT2D eigenvalue weighted by Crippen LogP contribution is -2.53. The maximum Gasteiger partial charge on any atom is 0.410 e. The number of benzene rings is 1. The summed E-state index contributed by atoms with van der Waals surface area (Å²) in [4.78, 5) is 22.8. The van der Waals surface area contributed by atoms with Crippen LogP contribution in [0.15, 0.2) is 29.3 Å². The van der Waals surface area contributed by atoms with E-state index in [2.05, 4.69) is 34.2 Å². The predicted molar refractivity (Wildman–Crippen MR) is 139 cm³/mol. The zero-order valence-electron chi connectivity index (χ0n) is 19.5. The fourth-order valence-corrected chi connectivity index (χ4v) is 3.90. The van der Waals surface area contributed by atoms with Crippen LogP contribution in [0.4, 0.5) is 10.5 Å². The first kappa shape index (κ1) is 26.5. The number of halogens is 1. The molecular formula is C23H38IN5O3. The second-order valence-corrected chi connectivity index (χ2v) is 9.41. The van der Waals surface area contributed by atoms with Crippen molar-refractivity contribution in [3.8, 4) is 0 Å². The third-order valence-electron chi connectivity index (χ3n) is 5.85. The Kier molecular flexibility index (Phi) is 9.87. The summed E-state index contributed by atoms with van der Waals surface area (Å²) in [6.45, 7) is 10.9. The normalized spacial score (nSPS) is 18.4. The van der Waals surface area contributed by atoms with E-state index in [1.54, 1.807) is 4.90 Å². The molecule has 2 heterocycles. The number of aliphatic hydroxyl groups is 1. The van der Waals surface area contributed by atoms with E-state index in [1.807, 2.05) is 25.7 Å². The molecule has 0 spiro atoms. The number of piperazine rings is 1. The van der Waals surface area contributed by atoms with Crippen LogP contribution >= 0.6 is 24.0 Å². The highest BCUT2D eigenvalue weighted by atomic mass is 127. The lowest BCUT2D eigenvalue weighted by Gasteiger charge is -2.36. The van der Waals surface area contributed by atoms with Gasteiger partial charge in [0.05, 0.1) is 6.54 Å². The van der Waals surface area contributed by atoms with Gasteiger partial charge in [0.2, 0.25) is 0 Å². The van der Waals surface area contributed by atoms with Gasteiger partial charge in [-0.05, 0) is 57.2 Å². The number of amides is 1. The average Bonchev–Trinajstić information content (AvgIpc) is 2.77. The number of ether oxygens (including phenoxy) is 1. The van der Waals surface area contributed by atoms with Gasteiger partial charge in [0.15, 0.2) is 5.96 Å². The second-order valence-electron chi connectivity index (χ2n) is 9.41. The monoisotopic (exact) mass is 559 g/mol. The molecule has 8 nitrogen and oxygen atoms in total. The van der Waals surface area contributed by atoms with Crippen molar-refractivity contribution in [2.75, 3.05) is 50.8 Å². The van der Waals surface area contributed by atoms with Gasteiger partial charge in [0, 0.05) is 51.6 Å². The molecule has 0 bridgehead atoms. The molecule has 0 aromatic heterocycles. The van der Waals surface area contributed by atoms with E-state index in [1.165, 1.54) is 5.69 Å². The Morgan fingerprint density at radius 2 is 1.62 bits per heavy atom. The van der Waals surface area contributed by atoms with Gasteiger partial charge in [0.1, 0.15) is 5.60 Å². The van der Waals surface area contributed by atoms with Gasteiger partial charge in [-0.25, -0.2) is 9.79 Å². The molecule has 0 saturated carbocycles. The minimum atomic E-state index is -0.486. The summed E-state index contributed by atoms with van der Waals surface area (Å²) in [5, 5.41) is 9.29. The number of rotatable bonds is 4. The first-order valence-corrected chi connectivity index (χ1v) is 11.2. The Balaban J connectivity index is 0.00000363. The zero-order chi connectivity index (χ0) is 22.4. The molecule has 1 aromatic rings. The van der Waals surface area contributed by atoms with Crippen molar-refractivity contribution >= 4 is 41.7 Å². The Morgan fingerprint density at radius 1 is 1.06 bits per heavy atom. The van der Waals surface area contributed by atoms with E-state index in [4.69, 9.17) is 10.5 Å². The molecule has 2 saturated heterocycles. The smallest absolute Gasteiger partial charge is 0.410 e. The van der Waals surface area contributed by atoms with Gasteiger partial charge >= 0.3 is 6.09 Å². The summed E-state index contributed by atoms with van der Waals surface area (Å²) in [7, 11) is 0. The van der Waals surface area contributed by atoms with Crippen molar-refractivity contribution in [2.45, 2.75) is 45.8 Å². The largest absolute Gasteiger partial charge is 0.444 e. The second kappa shape index (κ2) is 11.9. The highest BCUT2D eigenvalue weighted by molar-refractivity contribution is 14.0. The maximum atomic E-state index is 12.2. The maximum absolute atomic E-state index is 12.2. The highest BCUT2D eigenvalue weighted by Gasteiger charge is 2.26. The number of carbonyl (C=O) groups is 1. The van der Waals surface area contributed by atoms with E-state index in [0.717, 1.165) is 31.5 Å². The fraction of sp³-hybridized carbons (Fsp3) is 0.652. The topological polar surface area (TPSA) is 94.6 Å². The Morgan fingerprint density at radius 3 is 2.16 bits per heavy atom. The molecule has 3 rings (SSSR count). The van der Waals surface area contributed by atoms with E-state index >= 15 is 0 Å². The minimum Gasteiger partial charge on any atom is -0.444 e. The first-order chi connectivity index (χ1) is 14.7. The number of nitrogens with two attached hydrogens (primary N) is 1. The van der Waals surface area contributed by atoms with Crippen LogP contribution in [0.2, 0.25) is 0 Å². The molecule has 32 heavy (non-hydrogen) atoms. The van der Waals surface area contributed by atoms with Crippen molar-refractivity contribution in [1.82, 2.24) is 9.80 Å². The average molecular weight is 559 g/mol. The van der Waals surface area contributed by atoms with Crippen LogP contribution in [-0.2, 0) is 11.3 Å². The van der Waals surface area contributed by atoms with E-state index < -0.39 is 5.60 Å². The molecular weight excluding hydrogens is 521 g/mol. The molecule has 3 N–H and O–H groups in total. The predicted octanol–water partition coefficient (Wildman–Crippen LogP) is 2.88. The number of aliphatic hydroxyl groups excluding tert-OH is 1. The Hall–Kier alpha value is -1.75. The number of hydrogen-bond acceptors (Lipinski definition) is 5. The van der Waals surface area contributed by atoms with Crippen LogP contribution in [-0.4, -0.2) is 78.4 Å². The minimum absolute atomic E-state index is 0. The summed E-state index contributed by atoms with van der Waals surface area (Å²) >= 11 is 0. The summed E-state index contributed by atoms with van der Waals surface area (Å²) in [5.74, 6) is 0.956. The first-order valence-electron chi connectivity index (χ1n) is 11.2. The van der Waals surface area contributed by atoms with E-state index in [0.29, 0.717) is 51.2 Å². The lowest BCUT2D eigenvalue weighted by atomic mass is 9.97. The summed E-state index contributed by atoms with van der Waals surface area (Å²) in [5.41, 5.74) is 8.05. The van der Waals surface area contributed by atoms with Crippen LogP contribution in [0.5, 0.6) is 0 Å². The lowest BCUT2D eigenvalue weighted by molar-refractivity contribution is 0.0186. The standard InChI is InChI=1S/C23H37N5O3.HI/c1-23(2,3)31-22(30)28-14-12-27(13-15-28)21(24)25-16-18-4-6-20(7-5-18)26-10-8-19(17-29)9-11-26;/h4-7,19,29H,8-17H2,1-3H3,(H2,24,25);1H. The quantitative estimate of drug-likeness (QED) is 0.335. The van der Waals surface area contributed by atoms with Crippen LogP contribution in [0.1, 0.15) is 39.2 Å². The fourth-order valence-electron chi connectivity index (χ4n) is 3.90. The summed E-state index contributed by atoms with van der Waals surface area (Å²) in [6.07, 6.45) is 1.81. The number of anilines is 1. The molecule has 1 aromatic carbocycles. The number of piperidine rings is 1. The number of nitrogens with zero attached hydrogens (tertiary/aromatic N) is 4. The van der Waals surface area contributed by atoms with Crippen LogP contribution in [0.3, 0.4) is 0 Å². The number of guanidine groups is 1. The summed E-state index contributed by atoms with van der Waals surface area (Å²) < 4.78 is 5.43. The van der Waals surface area contributed by atoms with Crippen molar-refractivity contribution in [3.63, 3.8) is 0 Å². The van der Waals surface area contributed by atoms with Gasteiger partial charge < -0.3 is 30.3 Å². The molecule has 2 aliphatic heterocycles. The molecule has 0 aliphatic carbocycles. The Bertz CT molecular complexity index is 750. The number of hydrogen-bond donors (Lipinski definition) is 2. The molecule has 1 amide bonds. The molecule has 2 aliphatic rings. The zero-order valence-corrected chi connectivity index (χ0v) is 21.8. The highest BCUT2D eigenvalue weighted by Crippen LogP contribution is 2.23. The third-order valence-corrected chi connectivity index (χ3v) is 5.85.